The molecule has 0 unspecified atom stereocenters. The molecule has 0 spiro atoms. The molecule has 0 aliphatic heterocycles. The van der Waals surface area contributed by atoms with Crippen molar-refractivity contribution < 1.29 is 29.4 Å². The molecule has 4 N–H and O–H groups in total. The van der Waals surface area contributed by atoms with Crippen molar-refractivity contribution in [1.82, 2.24) is 0 Å². The Morgan fingerprint density at radius 3 is 1.44 bits per heavy atom. The number of carbonyl (C=O) groups is 4. The van der Waals surface area contributed by atoms with Crippen molar-refractivity contribution in [3.63, 3.8) is 0 Å². The standard InChI is InChI=1S/C26H16N2O6/c1-3-15-6-12-20(25(31)32)21(13-15)24(30)28-18-9-7-17(8-10-18)27-23(29)19-11-5-16(4-2)14-22(19)26(33)34/h1-2,5-14H,(H,27,29)(H,28,30)(H,31,32)(H,33,34). The lowest BCUT2D eigenvalue weighted by atomic mass is 10.0. The van der Waals surface area contributed by atoms with Crippen molar-refractivity contribution in [1.29, 1.82) is 0 Å². The van der Waals surface area contributed by atoms with E-state index in [1.807, 2.05) is 0 Å². The topological polar surface area (TPSA) is 133 Å². The van der Waals surface area contributed by atoms with Crippen LogP contribution in [-0.4, -0.2) is 34.0 Å². The molecule has 166 valence electrons. The highest BCUT2D eigenvalue weighted by molar-refractivity contribution is 6.12. The van der Waals surface area contributed by atoms with Gasteiger partial charge >= 0.3 is 11.9 Å². The quantitative estimate of drug-likeness (QED) is 0.423. The molecule has 3 rings (SSSR count). The highest BCUT2D eigenvalue weighted by Crippen LogP contribution is 2.19. The van der Waals surface area contributed by atoms with Crippen molar-refractivity contribution in [3.8, 4) is 24.7 Å². The van der Waals surface area contributed by atoms with Gasteiger partial charge in [-0.25, -0.2) is 9.59 Å². The van der Waals surface area contributed by atoms with Crippen LogP contribution in [0, 0.1) is 24.7 Å². The molecule has 8 heteroatoms. The summed E-state index contributed by atoms with van der Waals surface area (Å²) in [6, 6.07) is 13.9. The maximum absolute atomic E-state index is 12.6. The largest absolute Gasteiger partial charge is 0.478 e. The molecule has 2 amide bonds. The second-order valence-corrected chi connectivity index (χ2v) is 6.91. The average molecular weight is 452 g/mol. The highest BCUT2D eigenvalue weighted by Gasteiger charge is 2.19. The van der Waals surface area contributed by atoms with Crippen LogP contribution in [0.15, 0.2) is 60.7 Å². The van der Waals surface area contributed by atoms with Crippen LogP contribution in [0.3, 0.4) is 0 Å². The van der Waals surface area contributed by atoms with Gasteiger partial charge in [0.1, 0.15) is 0 Å². The van der Waals surface area contributed by atoms with Gasteiger partial charge in [-0.2, -0.15) is 0 Å². The summed E-state index contributed by atoms with van der Waals surface area (Å²) in [5.41, 5.74) is 0.731. The molecule has 0 saturated carbocycles. The second-order valence-electron chi connectivity index (χ2n) is 6.91. The van der Waals surface area contributed by atoms with Gasteiger partial charge in [-0.3, -0.25) is 9.59 Å². The number of nitrogens with one attached hydrogen (secondary N) is 2. The first kappa shape index (κ1) is 23.3. The van der Waals surface area contributed by atoms with Crippen LogP contribution in [0.25, 0.3) is 0 Å². The zero-order valence-corrected chi connectivity index (χ0v) is 17.5. The minimum Gasteiger partial charge on any atom is -0.478 e. The maximum atomic E-state index is 12.6. The first-order valence-corrected chi connectivity index (χ1v) is 9.64. The Hall–Kier alpha value is -5.34. The molecule has 8 nitrogen and oxygen atoms in total. The van der Waals surface area contributed by atoms with Crippen LogP contribution >= 0.6 is 0 Å². The summed E-state index contributed by atoms with van der Waals surface area (Å²) in [6.45, 7) is 0. The Labute approximate surface area is 194 Å². The third kappa shape index (κ3) is 5.10. The highest BCUT2D eigenvalue weighted by atomic mass is 16.4. The van der Waals surface area contributed by atoms with Gasteiger partial charge in [0.05, 0.1) is 22.3 Å². The number of carboxylic acid groups (broad SMARTS) is 2. The first-order chi connectivity index (χ1) is 16.2. The Morgan fingerprint density at radius 2 is 1.00 bits per heavy atom. The van der Waals surface area contributed by atoms with E-state index >= 15 is 0 Å². The predicted molar refractivity (Wildman–Crippen MR) is 125 cm³/mol. The third-order valence-electron chi connectivity index (χ3n) is 4.72. The van der Waals surface area contributed by atoms with E-state index in [1.165, 1.54) is 60.7 Å². The molecular weight excluding hydrogens is 436 g/mol. The van der Waals surface area contributed by atoms with Crippen molar-refractivity contribution in [2.75, 3.05) is 10.6 Å². The summed E-state index contributed by atoms with van der Waals surface area (Å²) in [5, 5.41) is 23.8. The average Bonchev–Trinajstić information content (AvgIpc) is 2.84. The second kappa shape index (κ2) is 9.86. The van der Waals surface area contributed by atoms with Crippen LogP contribution in [0.4, 0.5) is 11.4 Å². The normalized spacial score (nSPS) is 9.82. The number of terminal acetylenes is 2. The number of benzene rings is 3. The minimum absolute atomic E-state index is 0.0709. The Bertz CT molecular complexity index is 1410. The van der Waals surface area contributed by atoms with Gasteiger partial charge in [-0.1, -0.05) is 11.8 Å². The first-order valence-electron chi connectivity index (χ1n) is 9.64. The van der Waals surface area contributed by atoms with E-state index in [-0.39, 0.29) is 22.3 Å². The van der Waals surface area contributed by atoms with E-state index in [0.717, 1.165) is 0 Å². The monoisotopic (exact) mass is 452 g/mol. The lowest BCUT2D eigenvalue weighted by molar-refractivity contribution is 0.0683. The van der Waals surface area contributed by atoms with Crippen LogP contribution in [0.2, 0.25) is 0 Å². The summed E-state index contributed by atoms with van der Waals surface area (Å²) in [5.74, 6) is 0.761. The summed E-state index contributed by atoms with van der Waals surface area (Å²) in [7, 11) is 0. The fraction of sp³-hybridized carbons (Fsp3) is 0. The van der Waals surface area contributed by atoms with E-state index in [1.54, 1.807) is 0 Å². The van der Waals surface area contributed by atoms with Crippen molar-refractivity contribution in [2.24, 2.45) is 0 Å². The summed E-state index contributed by atoms with van der Waals surface area (Å²) >= 11 is 0. The van der Waals surface area contributed by atoms with Gasteiger partial charge in [0, 0.05) is 22.5 Å². The molecule has 0 bridgehead atoms. The molecule has 0 radical (unpaired) electrons. The molecule has 3 aromatic rings. The lowest BCUT2D eigenvalue weighted by Gasteiger charge is -2.11. The molecular formula is C26H16N2O6. The minimum atomic E-state index is -1.30. The number of carboxylic acids is 2. The lowest BCUT2D eigenvalue weighted by Crippen LogP contribution is -2.17. The number of rotatable bonds is 6. The van der Waals surface area contributed by atoms with Crippen LogP contribution in [-0.2, 0) is 0 Å². The van der Waals surface area contributed by atoms with Crippen molar-refractivity contribution in [2.45, 2.75) is 0 Å². The maximum Gasteiger partial charge on any atom is 0.336 e. The van der Waals surface area contributed by atoms with E-state index in [9.17, 15) is 29.4 Å². The fourth-order valence-corrected chi connectivity index (χ4v) is 3.05. The Morgan fingerprint density at radius 1 is 0.588 bits per heavy atom. The summed E-state index contributed by atoms with van der Waals surface area (Å²) in [6.07, 6.45) is 10.6. The Kier molecular flexibility index (Phi) is 6.76. The summed E-state index contributed by atoms with van der Waals surface area (Å²) < 4.78 is 0. The van der Waals surface area contributed by atoms with E-state index in [0.29, 0.717) is 22.5 Å². The zero-order valence-electron chi connectivity index (χ0n) is 17.5. The van der Waals surface area contributed by atoms with Crippen LogP contribution in [0.1, 0.15) is 52.6 Å². The molecule has 3 aromatic carbocycles. The molecule has 0 fully saturated rings. The summed E-state index contributed by atoms with van der Waals surface area (Å²) in [4.78, 5) is 48.1. The SMILES string of the molecule is C#Cc1ccc(C(=O)Nc2ccc(NC(=O)c3cc(C#C)ccc3C(=O)O)cc2)c(C(=O)O)c1. The fourth-order valence-electron chi connectivity index (χ4n) is 3.05. The molecule has 34 heavy (non-hydrogen) atoms. The third-order valence-corrected chi connectivity index (χ3v) is 4.72. The number of aromatic carboxylic acids is 2. The van der Waals surface area contributed by atoms with Crippen LogP contribution < -0.4 is 10.6 Å². The van der Waals surface area contributed by atoms with Gasteiger partial charge in [0.25, 0.3) is 11.8 Å². The predicted octanol–water partition coefficient (Wildman–Crippen LogP) is 3.55. The number of hydrogen-bond donors (Lipinski definition) is 4. The van der Waals surface area contributed by atoms with Crippen LogP contribution in [0.5, 0.6) is 0 Å². The van der Waals surface area contributed by atoms with E-state index in [4.69, 9.17) is 12.8 Å². The molecule has 0 atom stereocenters. The van der Waals surface area contributed by atoms with Gasteiger partial charge in [-0.15, -0.1) is 12.8 Å². The van der Waals surface area contributed by atoms with E-state index < -0.39 is 23.8 Å². The van der Waals surface area contributed by atoms with Gasteiger partial charge in [0.15, 0.2) is 0 Å². The Balaban J connectivity index is 1.77. The van der Waals surface area contributed by atoms with Gasteiger partial charge in [0.2, 0.25) is 0 Å². The molecule has 0 saturated heterocycles. The van der Waals surface area contributed by atoms with E-state index in [2.05, 4.69) is 22.5 Å². The van der Waals surface area contributed by atoms with Gasteiger partial charge in [-0.05, 0) is 60.7 Å². The van der Waals surface area contributed by atoms with Crippen molar-refractivity contribution in [3.05, 3.63) is 94.0 Å². The number of hydrogen-bond acceptors (Lipinski definition) is 4. The number of anilines is 2. The van der Waals surface area contributed by atoms with Gasteiger partial charge < -0.3 is 20.8 Å². The number of carbonyl (C=O) groups excluding carboxylic acids is 2. The molecule has 0 aliphatic rings. The molecule has 0 heterocycles. The zero-order chi connectivity index (χ0) is 24.8. The molecule has 0 aromatic heterocycles. The molecule has 0 aliphatic carbocycles. The smallest absolute Gasteiger partial charge is 0.336 e. The number of amides is 2. The van der Waals surface area contributed by atoms with Crippen molar-refractivity contribution >= 4 is 35.1 Å².